The highest BCUT2D eigenvalue weighted by Gasteiger charge is 2.22. The highest BCUT2D eigenvalue weighted by atomic mass is 16.5. The molecule has 0 heterocycles. The lowest BCUT2D eigenvalue weighted by atomic mass is 10.0. The average Bonchev–Trinajstić information content (AvgIpc) is 2.45. The zero-order chi connectivity index (χ0) is 16.1. The van der Waals surface area contributed by atoms with Crippen molar-refractivity contribution in [1.82, 2.24) is 5.32 Å². The van der Waals surface area contributed by atoms with Gasteiger partial charge in [-0.15, -0.1) is 0 Å². The Labute approximate surface area is 132 Å². The van der Waals surface area contributed by atoms with Crippen LogP contribution in [0.5, 0.6) is 0 Å². The highest BCUT2D eigenvalue weighted by molar-refractivity contribution is 5.83. The Bertz CT molecular complexity index is 634. The average molecular weight is 299 g/mol. The van der Waals surface area contributed by atoms with Crippen LogP contribution >= 0.6 is 0 Å². The predicted molar refractivity (Wildman–Crippen MR) is 90.9 cm³/mol. The van der Waals surface area contributed by atoms with E-state index in [2.05, 4.69) is 35.6 Å². The van der Waals surface area contributed by atoms with E-state index in [1.54, 1.807) is 0 Å². The third kappa shape index (κ3) is 4.57. The van der Waals surface area contributed by atoms with Gasteiger partial charge in [0.05, 0.1) is 6.10 Å². The number of fused-ring (bicyclic) bond motifs is 1. The monoisotopic (exact) mass is 299 g/mol. The molecule has 118 valence electrons. The van der Waals surface area contributed by atoms with Gasteiger partial charge in [-0.2, -0.15) is 0 Å². The van der Waals surface area contributed by atoms with Crippen LogP contribution in [0.4, 0.5) is 0 Å². The van der Waals surface area contributed by atoms with E-state index in [1.165, 1.54) is 10.8 Å². The molecule has 2 aromatic rings. The van der Waals surface area contributed by atoms with E-state index in [4.69, 9.17) is 4.74 Å². The van der Waals surface area contributed by atoms with Gasteiger partial charge in [-0.25, -0.2) is 0 Å². The number of esters is 1. The molecule has 22 heavy (non-hydrogen) atoms. The Morgan fingerprint density at radius 2 is 1.73 bits per heavy atom. The molecule has 3 heteroatoms. The van der Waals surface area contributed by atoms with Crippen molar-refractivity contribution >= 4 is 16.7 Å². The fourth-order valence-electron chi connectivity index (χ4n) is 2.53. The van der Waals surface area contributed by atoms with Gasteiger partial charge in [-0.3, -0.25) is 4.79 Å². The number of carbonyl (C=O) groups is 1. The van der Waals surface area contributed by atoms with Gasteiger partial charge in [0.2, 0.25) is 0 Å². The fourth-order valence-corrected chi connectivity index (χ4v) is 2.53. The van der Waals surface area contributed by atoms with Crippen molar-refractivity contribution in [2.45, 2.75) is 52.3 Å². The van der Waals surface area contributed by atoms with E-state index in [-0.39, 0.29) is 24.2 Å². The normalized spacial score (nSPS) is 12.8. The van der Waals surface area contributed by atoms with Crippen molar-refractivity contribution in [3.8, 4) is 0 Å². The van der Waals surface area contributed by atoms with E-state index in [0.717, 1.165) is 5.56 Å². The number of benzene rings is 2. The van der Waals surface area contributed by atoms with E-state index < -0.39 is 0 Å². The first-order valence-corrected chi connectivity index (χ1v) is 7.90. The summed E-state index contributed by atoms with van der Waals surface area (Å²) in [4.78, 5) is 12.3. The number of hydrogen-bond acceptors (Lipinski definition) is 3. The molecule has 0 aliphatic heterocycles. The van der Waals surface area contributed by atoms with E-state index in [1.807, 2.05) is 39.8 Å². The summed E-state index contributed by atoms with van der Waals surface area (Å²) in [5.41, 5.74) is 1.14. The van der Waals surface area contributed by atoms with Crippen molar-refractivity contribution < 1.29 is 9.53 Å². The molecule has 0 radical (unpaired) electrons. The maximum Gasteiger partial charge on any atom is 0.323 e. The zero-order valence-electron chi connectivity index (χ0n) is 13.8. The van der Waals surface area contributed by atoms with Crippen LogP contribution in [-0.4, -0.2) is 24.2 Å². The lowest BCUT2D eigenvalue weighted by molar-refractivity contribution is -0.150. The summed E-state index contributed by atoms with van der Waals surface area (Å²) >= 11 is 0. The highest BCUT2D eigenvalue weighted by Crippen LogP contribution is 2.17. The molecule has 2 rings (SSSR count). The predicted octanol–water partition coefficient (Wildman–Crippen LogP) is 3.70. The first-order chi connectivity index (χ1) is 10.5. The Morgan fingerprint density at radius 1 is 1.05 bits per heavy atom. The molecule has 1 unspecified atom stereocenters. The Hall–Kier alpha value is -1.87. The van der Waals surface area contributed by atoms with Crippen LogP contribution in [-0.2, 0) is 16.0 Å². The topological polar surface area (TPSA) is 38.3 Å². The smallest absolute Gasteiger partial charge is 0.323 e. The van der Waals surface area contributed by atoms with Gasteiger partial charge in [0, 0.05) is 6.04 Å². The van der Waals surface area contributed by atoms with Crippen LogP contribution in [0.2, 0.25) is 0 Å². The van der Waals surface area contributed by atoms with Gasteiger partial charge < -0.3 is 10.1 Å². The number of rotatable bonds is 6. The zero-order valence-corrected chi connectivity index (χ0v) is 13.8. The summed E-state index contributed by atoms with van der Waals surface area (Å²) in [6, 6.07) is 14.5. The van der Waals surface area contributed by atoms with Crippen LogP contribution in [0.1, 0.15) is 33.3 Å². The number of ether oxygens (including phenoxy) is 1. The molecule has 0 bridgehead atoms. The minimum atomic E-state index is -0.316. The van der Waals surface area contributed by atoms with E-state index in [9.17, 15) is 4.79 Å². The standard InChI is InChI=1S/C19H25NO2/c1-13(2)20-18(19(21)22-14(3)4)12-15-9-10-16-7-5-6-8-17(16)11-15/h5-11,13-14,18,20H,12H2,1-4H3. The molecule has 0 aromatic heterocycles. The molecule has 2 aromatic carbocycles. The maximum absolute atomic E-state index is 12.3. The molecule has 0 amide bonds. The van der Waals surface area contributed by atoms with Crippen molar-refractivity contribution in [3.63, 3.8) is 0 Å². The summed E-state index contributed by atoms with van der Waals surface area (Å²) in [7, 11) is 0. The lowest BCUT2D eigenvalue weighted by Gasteiger charge is -2.21. The van der Waals surface area contributed by atoms with Crippen molar-refractivity contribution in [1.29, 1.82) is 0 Å². The largest absolute Gasteiger partial charge is 0.462 e. The molecule has 0 fully saturated rings. The Morgan fingerprint density at radius 3 is 2.36 bits per heavy atom. The van der Waals surface area contributed by atoms with Gasteiger partial charge in [-0.1, -0.05) is 56.3 Å². The summed E-state index contributed by atoms with van der Waals surface area (Å²) < 4.78 is 5.37. The summed E-state index contributed by atoms with van der Waals surface area (Å²) in [5, 5.41) is 5.71. The first kappa shape index (κ1) is 16.5. The quantitative estimate of drug-likeness (QED) is 0.827. The third-order valence-corrected chi connectivity index (χ3v) is 3.42. The maximum atomic E-state index is 12.3. The van der Waals surface area contributed by atoms with E-state index >= 15 is 0 Å². The summed E-state index contributed by atoms with van der Waals surface area (Å²) in [5.74, 6) is -0.183. The van der Waals surface area contributed by atoms with Crippen LogP contribution in [0.15, 0.2) is 42.5 Å². The van der Waals surface area contributed by atoms with E-state index in [0.29, 0.717) is 6.42 Å². The molecular weight excluding hydrogens is 274 g/mol. The SMILES string of the molecule is CC(C)NC(Cc1ccc2ccccc2c1)C(=O)OC(C)C. The van der Waals surface area contributed by atoms with Gasteiger partial charge in [0.15, 0.2) is 0 Å². The third-order valence-electron chi connectivity index (χ3n) is 3.42. The lowest BCUT2D eigenvalue weighted by Crippen LogP contribution is -2.44. The van der Waals surface area contributed by atoms with Gasteiger partial charge in [0.1, 0.15) is 6.04 Å². The van der Waals surface area contributed by atoms with Crippen molar-refractivity contribution in [3.05, 3.63) is 48.0 Å². The van der Waals surface area contributed by atoms with Crippen molar-refractivity contribution in [2.24, 2.45) is 0 Å². The van der Waals surface area contributed by atoms with Crippen LogP contribution in [0.3, 0.4) is 0 Å². The molecule has 0 saturated carbocycles. The molecular formula is C19H25NO2. The minimum Gasteiger partial charge on any atom is -0.462 e. The molecule has 0 aliphatic rings. The van der Waals surface area contributed by atoms with Crippen LogP contribution in [0.25, 0.3) is 10.8 Å². The second-order valence-electron chi connectivity index (χ2n) is 6.25. The summed E-state index contributed by atoms with van der Waals surface area (Å²) in [6.45, 7) is 7.83. The first-order valence-electron chi connectivity index (χ1n) is 7.90. The number of carbonyl (C=O) groups excluding carboxylic acids is 1. The number of nitrogens with one attached hydrogen (secondary N) is 1. The van der Waals surface area contributed by atoms with Crippen molar-refractivity contribution in [2.75, 3.05) is 0 Å². The van der Waals surface area contributed by atoms with Crippen LogP contribution in [0, 0.1) is 0 Å². The second-order valence-corrected chi connectivity index (χ2v) is 6.25. The molecule has 0 saturated heterocycles. The molecule has 1 atom stereocenters. The Kier molecular flexibility index (Phi) is 5.56. The Balaban J connectivity index is 2.18. The molecule has 3 nitrogen and oxygen atoms in total. The van der Waals surface area contributed by atoms with Gasteiger partial charge >= 0.3 is 5.97 Å². The van der Waals surface area contributed by atoms with Crippen LogP contribution < -0.4 is 5.32 Å². The summed E-state index contributed by atoms with van der Waals surface area (Å²) in [6.07, 6.45) is 0.537. The fraction of sp³-hybridized carbons (Fsp3) is 0.421. The molecule has 0 aliphatic carbocycles. The number of hydrogen-bond donors (Lipinski definition) is 1. The molecule has 1 N–H and O–H groups in total. The second kappa shape index (κ2) is 7.41. The minimum absolute atomic E-state index is 0.0967. The van der Waals surface area contributed by atoms with Gasteiger partial charge in [-0.05, 0) is 36.6 Å². The molecule has 0 spiro atoms. The van der Waals surface area contributed by atoms with Gasteiger partial charge in [0.25, 0.3) is 0 Å².